The number of ether oxygens (including phenoxy) is 1. The molecule has 0 fully saturated rings. The van der Waals surface area contributed by atoms with Crippen molar-refractivity contribution >= 4 is 11.9 Å². The first kappa shape index (κ1) is 25.3. The topological polar surface area (TPSA) is 76.1 Å². The fourth-order valence-corrected chi connectivity index (χ4v) is 3.16. The van der Waals surface area contributed by atoms with E-state index in [-0.39, 0.29) is 5.57 Å². The second kappa shape index (κ2) is 14.2. The summed E-state index contributed by atoms with van der Waals surface area (Å²) in [7, 11) is 0. The minimum atomic E-state index is -0.943. The molecule has 2 aromatic rings. The van der Waals surface area contributed by atoms with Crippen molar-refractivity contribution in [1.82, 2.24) is 5.06 Å². The number of hydroxylamine groups is 2. The van der Waals surface area contributed by atoms with E-state index in [1.54, 1.807) is 12.0 Å². The zero-order valence-electron chi connectivity index (χ0n) is 18.7. The lowest BCUT2D eigenvalue weighted by Crippen LogP contribution is -2.33. The molecule has 1 unspecified atom stereocenters. The molecule has 0 heterocycles. The maximum atomic E-state index is 12.4. The van der Waals surface area contributed by atoms with Crippen LogP contribution in [-0.2, 0) is 32.3 Å². The van der Waals surface area contributed by atoms with Gasteiger partial charge in [0.25, 0.3) is 0 Å². The van der Waals surface area contributed by atoms with Gasteiger partial charge < -0.3 is 9.84 Å². The Labute approximate surface area is 190 Å². The van der Waals surface area contributed by atoms with Crippen molar-refractivity contribution < 1.29 is 24.3 Å². The molecule has 0 amide bonds. The molecule has 0 aliphatic carbocycles. The number of esters is 1. The van der Waals surface area contributed by atoms with Gasteiger partial charge in [0.05, 0.1) is 6.61 Å². The molecule has 0 saturated heterocycles. The Morgan fingerprint density at radius 3 is 1.97 bits per heavy atom. The SMILES string of the molecule is C=C(CCCCCCOC(=O)C(C)ON(Cc1ccccc1)Cc1ccccc1)C(=O)O. The van der Waals surface area contributed by atoms with Crippen molar-refractivity contribution in [2.45, 2.75) is 58.2 Å². The molecule has 6 heteroatoms. The highest BCUT2D eigenvalue weighted by Crippen LogP contribution is 2.13. The average molecular weight is 440 g/mol. The van der Waals surface area contributed by atoms with Crippen molar-refractivity contribution in [3.63, 3.8) is 0 Å². The van der Waals surface area contributed by atoms with Crippen LogP contribution < -0.4 is 0 Å². The highest BCUT2D eigenvalue weighted by atomic mass is 16.7. The van der Waals surface area contributed by atoms with Crippen molar-refractivity contribution in [2.75, 3.05) is 6.61 Å². The maximum absolute atomic E-state index is 12.4. The molecule has 0 aromatic heterocycles. The van der Waals surface area contributed by atoms with Gasteiger partial charge in [-0.15, -0.1) is 0 Å². The van der Waals surface area contributed by atoms with Crippen LogP contribution in [0.3, 0.4) is 0 Å². The highest BCUT2D eigenvalue weighted by Gasteiger charge is 2.20. The van der Waals surface area contributed by atoms with Crippen molar-refractivity contribution in [1.29, 1.82) is 0 Å². The standard InChI is InChI=1S/C26H33NO5/c1-21(25(28)29)13-7-3-4-12-18-31-26(30)22(2)32-27(19-23-14-8-5-9-15-23)20-24-16-10-6-11-17-24/h5-6,8-11,14-17,22H,1,3-4,7,12-13,18-20H2,2H3,(H,28,29). The molecule has 0 aliphatic rings. The largest absolute Gasteiger partial charge is 0.478 e. The third kappa shape index (κ3) is 9.90. The number of hydrogen-bond donors (Lipinski definition) is 1. The predicted molar refractivity (Wildman–Crippen MR) is 123 cm³/mol. The van der Waals surface area contributed by atoms with Gasteiger partial charge in [-0.05, 0) is 37.3 Å². The van der Waals surface area contributed by atoms with Gasteiger partial charge in [0.1, 0.15) is 0 Å². The summed E-state index contributed by atoms with van der Waals surface area (Å²) < 4.78 is 5.37. The minimum Gasteiger partial charge on any atom is -0.478 e. The Kier molecular flexibility index (Phi) is 11.2. The summed E-state index contributed by atoms with van der Waals surface area (Å²) in [5.74, 6) is -1.34. The number of hydrogen-bond acceptors (Lipinski definition) is 5. The molecule has 6 nitrogen and oxygen atoms in total. The molecule has 1 atom stereocenters. The number of nitrogens with zero attached hydrogens (tertiary/aromatic N) is 1. The van der Waals surface area contributed by atoms with Gasteiger partial charge in [0.15, 0.2) is 6.10 Å². The summed E-state index contributed by atoms with van der Waals surface area (Å²) in [4.78, 5) is 29.1. The van der Waals surface area contributed by atoms with E-state index >= 15 is 0 Å². The second-order valence-corrected chi connectivity index (χ2v) is 7.76. The summed E-state index contributed by atoms with van der Waals surface area (Å²) in [5, 5.41) is 10.6. The van der Waals surface area contributed by atoms with Crippen LogP contribution >= 0.6 is 0 Å². The van der Waals surface area contributed by atoms with Crippen LogP contribution in [0.5, 0.6) is 0 Å². The van der Waals surface area contributed by atoms with E-state index in [2.05, 4.69) is 6.58 Å². The molecular formula is C26H33NO5. The van der Waals surface area contributed by atoms with Crippen LogP contribution in [0.4, 0.5) is 0 Å². The highest BCUT2D eigenvalue weighted by molar-refractivity contribution is 5.85. The summed E-state index contributed by atoms with van der Waals surface area (Å²) in [5.41, 5.74) is 2.42. The molecule has 0 spiro atoms. The van der Waals surface area contributed by atoms with Crippen molar-refractivity contribution in [3.05, 3.63) is 83.9 Å². The summed E-state index contributed by atoms with van der Waals surface area (Å²) >= 11 is 0. The molecule has 2 rings (SSSR count). The van der Waals surface area contributed by atoms with Gasteiger partial charge in [0, 0.05) is 18.7 Å². The molecule has 0 aliphatic heterocycles. The number of carbonyl (C=O) groups is 2. The summed E-state index contributed by atoms with van der Waals surface area (Å²) in [6.07, 6.45) is 3.00. The number of benzene rings is 2. The normalized spacial score (nSPS) is 11.8. The Hall–Kier alpha value is -2.96. The van der Waals surface area contributed by atoms with Gasteiger partial charge in [0.2, 0.25) is 0 Å². The molecule has 0 radical (unpaired) electrons. The second-order valence-electron chi connectivity index (χ2n) is 7.76. The molecule has 0 saturated carbocycles. The van der Waals surface area contributed by atoms with E-state index in [1.807, 2.05) is 60.7 Å². The number of carboxylic acid groups (broad SMARTS) is 1. The average Bonchev–Trinajstić information content (AvgIpc) is 2.79. The third-order valence-electron chi connectivity index (χ3n) is 4.96. The van der Waals surface area contributed by atoms with Crippen LogP contribution in [0.2, 0.25) is 0 Å². The first-order valence-corrected chi connectivity index (χ1v) is 11.0. The van der Waals surface area contributed by atoms with Crippen LogP contribution in [0.25, 0.3) is 0 Å². The fourth-order valence-electron chi connectivity index (χ4n) is 3.16. The van der Waals surface area contributed by atoms with Crippen LogP contribution in [-0.4, -0.2) is 34.8 Å². The smallest absolute Gasteiger partial charge is 0.337 e. The van der Waals surface area contributed by atoms with Crippen LogP contribution in [0.15, 0.2) is 72.8 Å². The Balaban J connectivity index is 1.75. The number of unbranched alkanes of at least 4 members (excludes halogenated alkanes) is 3. The van der Waals surface area contributed by atoms with Gasteiger partial charge in [-0.2, -0.15) is 5.06 Å². The number of aliphatic carboxylic acids is 1. The summed E-state index contributed by atoms with van der Waals surface area (Å²) in [6.45, 7) is 6.64. The Morgan fingerprint density at radius 1 is 0.906 bits per heavy atom. The van der Waals surface area contributed by atoms with Crippen molar-refractivity contribution in [3.8, 4) is 0 Å². The minimum absolute atomic E-state index is 0.234. The lowest BCUT2D eigenvalue weighted by molar-refractivity contribution is -0.219. The fraction of sp³-hybridized carbons (Fsp3) is 0.385. The summed E-state index contributed by atoms with van der Waals surface area (Å²) in [6, 6.07) is 19.9. The van der Waals surface area contributed by atoms with E-state index in [4.69, 9.17) is 14.7 Å². The number of carbonyl (C=O) groups excluding carboxylic acids is 1. The molecule has 1 N–H and O–H groups in total. The molecule has 32 heavy (non-hydrogen) atoms. The van der Waals surface area contributed by atoms with Gasteiger partial charge in [-0.3, -0.25) is 4.84 Å². The van der Waals surface area contributed by atoms with Gasteiger partial charge in [-0.1, -0.05) is 80.1 Å². The zero-order chi connectivity index (χ0) is 23.2. The maximum Gasteiger partial charge on any atom is 0.337 e. The third-order valence-corrected chi connectivity index (χ3v) is 4.96. The lowest BCUT2D eigenvalue weighted by Gasteiger charge is -2.25. The van der Waals surface area contributed by atoms with E-state index in [9.17, 15) is 9.59 Å². The molecule has 0 bridgehead atoms. The number of rotatable bonds is 15. The van der Waals surface area contributed by atoms with Crippen LogP contribution in [0, 0.1) is 0 Å². The first-order valence-electron chi connectivity index (χ1n) is 11.0. The van der Waals surface area contributed by atoms with Crippen LogP contribution in [0.1, 0.15) is 50.2 Å². The monoisotopic (exact) mass is 439 g/mol. The molecular weight excluding hydrogens is 406 g/mol. The molecule has 2 aromatic carbocycles. The zero-order valence-corrected chi connectivity index (χ0v) is 18.7. The molecule has 172 valence electrons. The number of carboxylic acids is 1. The van der Waals surface area contributed by atoms with Gasteiger partial charge >= 0.3 is 11.9 Å². The van der Waals surface area contributed by atoms with E-state index in [0.29, 0.717) is 26.1 Å². The van der Waals surface area contributed by atoms with Gasteiger partial charge in [-0.25, -0.2) is 9.59 Å². The predicted octanol–water partition coefficient (Wildman–Crippen LogP) is 5.14. The lowest BCUT2D eigenvalue weighted by atomic mass is 10.1. The Morgan fingerprint density at radius 2 is 1.44 bits per heavy atom. The van der Waals surface area contributed by atoms with E-state index < -0.39 is 18.0 Å². The first-order chi connectivity index (χ1) is 15.5. The van der Waals surface area contributed by atoms with E-state index in [1.165, 1.54) is 0 Å². The van der Waals surface area contributed by atoms with Crippen molar-refractivity contribution in [2.24, 2.45) is 0 Å². The van der Waals surface area contributed by atoms with E-state index in [0.717, 1.165) is 36.8 Å². The Bertz CT molecular complexity index is 796. The quantitative estimate of drug-likeness (QED) is 0.179.